The maximum absolute atomic E-state index is 11.5. The van der Waals surface area contributed by atoms with Crippen LogP contribution >= 0.6 is 0 Å². The van der Waals surface area contributed by atoms with Gasteiger partial charge in [-0.1, -0.05) is 12.1 Å². The van der Waals surface area contributed by atoms with Crippen molar-refractivity contribution in [2.45, 2.75) is 4.90 Å². The third-order valence-corrected chi connectivity index (χ3v) is 3.72. The fraction of sp³-hybridized carbons (Fsp3) is 0.333. The van der Waals surface area contributed by atoms with E-state index >= 15 is 0 Å². The average Bonchev–Trinajstić information content (AvgIpc) is 2.68. The van der Waals surface area contributed by atoms with E-state index < -0.39 is 10.0 Å². The number of primary sulfonamides is 1. The summed E-state index contributed by atoms with van der Waals surface area (Å²) in [4.78, 5) is 0.0993. The van der Waals surface area contributed by atoms with Gasteiger partial charge in [0.1, 0.15) is 17.3 Å². The van der Waals surface area contributed by atoms with Gasteiger partial charge in [-0.05, 0) is 6.07 Å². The summed E-state index contributed by atoms with van der Waals surface area (Å²) in [5.41, 5.74) is 0.697. The van der Waals surface area contributed by atoms with Crippen LogP contribution in [0.15, 0.2) is 29.3 Å². The Morgan fingerprint density at radius 3 is 2.68 bits per heavy atom. The first-order valence-corrected chi connectivity index (χ1v) is 7.22. The van der Waals surface area contributed by atoms with Gasteiger partial charge in [-0.2, -0.15) is 0 Å². The number of nitrogens with two attached hydrogens (primary N) is 1. The largest absolute Gasteiger partial charge is 0.489 e. The molecular formula is C12H16N2O4S. The lowest BCUT2D eigenvalue weighted by molar-refractivity contribution is 0.147. The molecule has 2 rings (SSSR count). The van der Waals surface area contributed by atoms with E-state index in [4.69, 9.17) is 14.6 Å². The first-order chi connectivity index (χ1) is 8.95. The summed E-state index contributed by atoms with van der Waals surface area (Å²) in [6.07, 6.45) is 1.49. The molecule has 0 saturated heterocycles. The van der Waals surface area contributed by atoms with Gasteiger partial charge in [-0.25, -0.2) is 13.6 Å². The molecule has 0 aliphatic heterocycles. The van der Waals surface area contributed by atoms with Crippen molar-refractivity contribution in [3.8, 4) is 5.75 Å². The molecule has 1 heterocycles. The van der Waals surface area contributed by atoms with E-state index in [2.05, 4.69) is 0 Å². The number of hydrogen-bond acceptors (Lipinski definition) is 4. The molecule has 0 saturated carbocycles. The monoisotopic (exact) mass is 284 g/mol. The van der Waals surface area contributed by atoms with E-state index in [9.17, 15) is 8.42 Å². The predicted octanol–water partition coefficient (Wildman–Crippen LogP) is 0.851. The second-order valence-electron chi connectivity index (χ2n) is 4.14. The lowest BCUT2D eigenvalue weighted by Crippen LogP contribution is -2.11. The summed E-state index contributed by atoms with van der Waals surface area (Å²) < 4.78 is 35.3. The minimum Gasteiger partial charge on any atom is -0.489 e. The van der Waals surface area contributed by atoms with Crippen LogP contribution in [0.1, 0.15) is 0 Å². The molecule has 2 N–H and O–H groups in total. The van der Waals surface area contributed by atoms with Crippen LogP contribution in [0.4, 0.5) is 0 Å². The Hall–Kier alpha value is -1.57. The van der Waals surface area contributed by atoms with Crippen LogP contribution in [0.25, 0.3) is 10.9 Å². The highest BCUT2D eigenvalue weighted by Gasteiger charge is 2.18. The lowest BCUT2D eigenvalue weighted by atomic mass is 10.2. The number of para-hydroxylation sites is 1. The van der Waals surface area contributed by atoms with E-state index in [1.54, 1.807) is 36.9 Å². The maximum atomic E-state index is 11.5. The van der Waals surface area contributed by atoms with Gasteiger partial charge in [0, 0.05) is 25.7 Å². The van der Waals surface area contributed by atoms with Gasteiger partial charge in [0.05, 0.1) is 12.1 Å². The summed E-state index contributed by atoms with van der Waals surface area (Å²) in [7, 11) is -0.413. The smallest absolute Gasteiger partial charge is 0.240 e. The number of benzene rings is 1. The van der Waals surface area contributed by atoms with Gasteiger partial charge in [-0.3, -0.25) is 0 Å². The molecule has 0 fully saturated rings. The SMILES string of the molecule is COCCOc1cccc2c(S(N)(=O)=O)cn(C)c12. The zero-order chi connectivity index (χ0) is 14.0. The van der Waals surface area contributed by atoms with Gasteiger partial charge in [-0.15, -0.1) is 0 Å². The molecule has 2 aromatic rings. The van der Waals surface area contributed by atoms with Crippen molar-refractivity contribution in [2.75, 3.05) is 20.3 Å². The standard InChI is InChI=1S/C12H16N2O4S/c1-14-8-11(19(13,15)16)9-4-3-5-10(12(9)14)18-7-6-17-2/h3-5,8H,6-7H2,1-2H3,(H2,13,15,16). The molecule has 104 valence electrons. The van der Waals surface area contributed by atoms with E-state index in [1.165, 1.54) is 6.20 Å². The van der Waals surface area contributed by atoms with Crippen molar-refractivity contribution in [2.24, 2.45) is 12.2 Å². The number of hydrogen-bond donors (Lipinski definition) is 1. The Morgan fingerprint density at radius 2 is 2.05 bits per heavy atom. The summed E-state index contributed by atoms with van der Waals surface area (Å²) in [5, 5.41) is 5.76. The predicted molar refractivity (Wildman–Crippen MR) is 71.7 cm³/mol. The second kappa shape index (κ2) is 5.20. The highest BCUT2D eigenvalue weighted by molar-refractivity contribution is 7.89. The molecule has 0 bridgehead atoms. The second-order valence-corrected chi connectivity index (χ2v) is 5.67. The number of aryl methyl sites for hydroxylation is 1. The molecule has 0 aliphatic carbocycles. The molecule has 1 aromatic heterocycles. The van der Waals surface area contributed by atoms with Crippen molar-refractivity contribution in [1.82, 2.24) is 4.57 Å². The van der Waals surface area contributed by atoms with E-state index in [1.807, 2.05) is 0 Å². The molecule has 6 nitrogen and oxygen atoms in total. The molecule has 1 aromatic carbocycles. The number of methoxy groups -OCH3 is 1. The van der Waals surface area contributed by atoms with Gasteiger partial charge < -0.3 is 14.0 Å². The topological polar surface area (TPSA) is 83.6 Å². The van der Waals surface area contributed by atoms with Crippen LogP contribution in [0, 0.1) is 0 Å². The molecular weight excluding hydrogens is 268 g/mol. The minimum atomic E-state index is -3.75. The van der Waals surface area contributed by atoms with Crippen LogP contribution in [-0.4, -0.2) is 33.3 Å². The van der Waals surface area contributed by atoms with Crippen LogP contribution in [0.5, 0.6) is 5.75 Å². The number of nitrogens with zero attached hydrogens (tertiary/aromatic N) is 1. The molecule has 19 heavy (non-hydrogen) atoms. The third-order valence-electron chi connectivity index (χ3n) is 2.78. The summed E-state index contributed by atoms with van der Waals surface area (Å²) >= 11 is 0. The molecule has 0 atom stereocenters. The number of rotatable bonds is 5. The fourth-order valence-electron chi connectivity index (χ4n) is 1.97. The molecule has 0 spiro atoms. The Bertz CT molecular complexity index is 691. The number of ether oxygens (including phenoxy) is 2. The normalized spacial score (nSPS) is 11.9. The van der Waals surface area contributed by atoms with E-state index in [-0.39, 0.29) is 4.90 Å². The lowest BCUT2D eigenvalue weighted by Gasteiger charge is -2.08. The summed E-state index contributed by atoms with van der Waals surface area (Å²) in [5.74, 6) is 0.604. The first-order valence-electron chi connectivity index (χ1n) is 5.67. The molecule has 0 aliphatic rings. The van der Waals surface area contributed by atoms with Gasteiger partial charge >= 0.3 is 0 Å². The molecule has 0 radical (unpaired) electrons. The molecule has 0 unspecified atom stereocenters. The van der Waals surface area contributed by atoms with Crippen LogP contribution in [0.3, 0.4) is 0 Å². The highest BCUT2D eigenvalue weighted by Crippen LogP contribution is 2.31. The van der Waals surface area contributed by atoms with Crippen molar-refractivity contribution < 1.29 is 17.9 Å². The number of aromatic nitrogens is 1. The molecule has 0 amide bonds. The zero-order valence-electron chi connectivity index (χ0n) is 10.8. The maximum Gasteiger partial charge on any atom is 0.240 e. The van der Waals surface area contributed by atoms with Crippen molar-refractivity contribution in [3.05, 3.63) is 24.4 Å². The van der Waals surface area contributed by atoms with Crippen LogP contribution < -0.4 is 9.88 Å². The Morgan fingerprint density at radius 1 is 1.32 bits per heavy atom. The minimum absolute atomic E-state index is 0.0993. The zero-order valence-corrected chi connectivity index (χ0v) is 11.6. The quantitative estimate of drug-likeness (QED) is 0.825. The van der Waals surface area contributed by atoms with E-state index in [0.29, 0.717) is 29.9 Å². The highest BCUT2D eigenvalue weighted by atomic mass is 32.2. The Labute approximate surface area is 111 Å². The summed E-state index contributed by atoms with van der Waals surface area (Å²) in [6, 6.07) is 5.22. The van der Waals surface area contributed by atoms with Gasteiger partial charge in [0.2, 0.25) is 10.0 Å². The average molecular weight is 284 g/mol. The van der Waals surface area contributed by atoms with Gasteiger partial charge in [0.25, 0.3) is 0 Å². The van der Waals surface area contributed by atoms with Crippen molar-refractivity contribution in [1.29, 1.82) is 0 Å². The number of fused-ring (bicyclic) bond motifs is 1. The molecule has 7 heteroatoms. The summed E-state index contributed by atoms with van der Waals surface area (Å²) in [6.45, 7) is 0.856. The fourth-order valence-corrected chi connectivity index (χ4v) is 2.75. The van der Waals surface area contributed by atoms with E-state index in [0.717, 1.165) is 0 Å². The number of sulfonamides is 1. The first kappa shape index (κ1) is 13.9. The third kappa shape index (κ3) is 2.73. The van der Waals surface area contributed by atoms with Crippen LogP contribution in [-0.2, 0) is 21.8 Å². The van der Waals surface area contributed by atoms with Crippen molar-refractivity contribution >= 4 is 20.9 Å². The Kier molecular flexibility index (Phi) is 3.79. The van der Waals surface area contributed by atoms with Crippen LogP contribution in [0.2, 0.25) is 0 Å². The van der Waals surface area contributed by atoms with Gasteiger partial charge in [0.15, 0.2) is 0 Å². The van der Waals surface area contributed by atoms with Crippen molar-refractivity contribution in [3.63, 3.8) is 0 Å². The Balaban J connectivity index is 2.54.